The van der Waals surface area contributed by atoms with Crippen molar-refractivity contribution in [1.29, 1.82) is 0 Å². The van der Waals surface area contributed by atoms with E-state index < -0.39 is 0 Å². The first-order valence-corrected chi connectivity index (χ1v) is 4.05. The van der Waals surface area contributed by atoms with Crippen LogP contribution in [-0.2, 0) is 0 Å². The van der Waals surface area contributed by atoms with Gasteiger partial charge in [-0.15, -0.1) is 0 Å². The zero-order valence-corrected chi connectivity index (χ0v) is 7.46. The molecule has 0 heterocycles. The average molecular weight is 165 g/mol. The van der Waals surface area contributed by atoms with Crippen molar-refractivity contribution in [3.8, 4) is 11.5 Å². The van der Waals surface area contributed by atoms with E-state index in [1.165, 1.54) is 0 Å². The lowest BCUT2D eigenvalue weighted by atomic mass is 10.3. The maximum atomic E-state index is 5.42. The zero-order chi connectivity index (χ0) is 8.81. The van der Waals surface area contributed by atoms with Crippen molar-refractivity contribution in [2.75, 3.05) is 13.7 Å². The minimum Gasteiger partial charge on any atom is -0.493 e. The SMILES string of the molecule is CCCOc1c[c]ccc1OC. The molecule has 0 atom stereocenters. The summed E-state index contributed by atoms with van der Waals surface area (Å²) in [6.45, 7) is 2.79. The van der Waals surface area contributed by atoms with Crippen LogP contribution in [0.2, 0.25) is 0 Å². The van der Waals surface area contributed by atoms with Crippen molar-refractivity contribution in [3.05, 3.63) is 24.3 Å². The summed E-state index contributed by atoms with van der Waals surface area (Å²) in [7, 11) is 1.63. The number of hydrogen-bond donors (Lipinski definition) is 0. The topological polar surface area (TPSA) is 18.5 Å². The third-order valence-electron chi connectivity index (χ3n) is 1.47. The van der Waals surface area contributed by atoms with E-state index in [-0.39, 0.29) is 0 Å². The molecule has 0 fully saturated rings. The van der Waals surface area contributed by atoms with Crippen LogP contribution >= 0.6 is 0 Å². The molecule has 12 heavy (non-hydrogen) atoms. The lowest BCUT2D eigenvalue weighted by Crippen LogP contribution is -1.97. The van der Waals surface area contributed by atoms with Crippen molar-refractivity contribution < 1.29 is 9.47 Å². The first-order chi connectivity index (χ1) is 5.88. The van der Waals surface area contributed by atoms with Gasteiger partial charge in [0.25, 0.3) is 0 Å². The van der Waals surface area contributed by atoms with Crippen LogP contribution in [0, 0.1) is 6.07 Å². The molecular weight excluding hydrogens is 152 g/mol. The van der Waals surface area contributed by atoms with Gasteiger partial charge in [-0.2, -0.15) is 0 Å². The highest BCUT2D eigenvalue weighted by Gasteiger charge is 2.00. The second-order valence-corrected chi connectivity index (χ2v) is 2.43. The molecule has 1 rings (SSSR count). The summed E-state index contributed by atoms with van der Waals surface area (Å²) in [6.07, 6.45) is 0.998. The van der Waals surface area contributed by atoms with E-state index in [4.69, 9.17) is 9.47 Å². The van der Waals surface area contributed by atoms with Crippen LogP contribution < -0.4 is 9.47 Å². The van der Waals surface area contributed by atoms with Crippen molar-refractivity contribution in [3.63, 3.8) is 0 Å². The molecule has 0 amide bonds. The molecule has 0 aromatic heterocycles. The van der Waals surface area contributed by atoms with Gasteiger partial charge in [0.2, 0.25) is 0 Å². The van der Waals surface area contributed by atoms with Crippen LogP contribution in [0.1, 0.15) is 13.3 Å². The monoisotopic (exact) mass is 165 g/mol. The largest absolute Gasteiger partial charge is 0.493 e. The fourth-order valence-electron chi connectivity index (χ4n) is 0.894. The second kappa shape index (κ2) is 4.65. The van der Waals surface area contributed by atoms with Gasteiger partial charge >= 0.3 is 0 Å². The first-order valence-electron chi connectivity index (χ1n) is 4.05. The number of rotatable bonds is 4. The lowest BCUT2D eigenvalue weighted by Gasteiger charge is -2.08. The normalized spacial score (nSPS) is 9.50. The summed E-state index contributed by atoms with van der Waals surface area (Å²) >= 11 is 0. The Hall–Kier alpha value is -1.18. The molecule has 0 saturated carbocycles. The smallest absolute Gasteiger partial charge is 0.161 e. The van der Waals surface area contributed by atoms with Gasteiger partial charge in [0, 0.05) is 0 Å². The van der Waals surface area contributed by atoms with Gasteiger partial charge < -0.3 is 9.47 Å². The Morgan fingerprint density at radius 1 is 1.42 bits per heavy atom. The predicted molar refractivity (Wildman–Crippen MR) is 47.6 cm³/mol. The molecule has 2 nitrogen and oxygen atoms in total. The minimum atomic E-state index is 0.716. The van der Waals surface area contributed by atoms with Gasteiger partial charge in [0.05, 0.1) is 13.7 Å². The number of hydrogen-bond acceptors (Lipinski definition) is 2. The Kier molecular flexibility index (Phi) is 3.45. The molecule has 0 aliphatic rings. The molecule has 1 aromatic rings. The van der Waals surface area contributed by atoms with Crippen LogP contribution in [0.25, 0.3) is 0 Å². The van der Waals surface area contributed by atoms with Gasteiger partial charge in [-0.3, -0.25) is 0 Å². The molecule has 0 spiro atoms. The van der Waals surface area contributed by atoms with Gasteiger partial charge in [-0.1, -0.05) is 13.0 Å². The van der Waals surface area contributed by atoms with E-state index in [0.717, 1.165) is 17.9 Å². The van der Waals surface area contributed by atoms with Crippen LogP contribution in [0.4, 0.5) is 0 Å². The molecule has 2 heteroatoms. The number of ether oxygens (including phenoxy) is 2. The second-order valence-electron chi connectivity index (χ2n) is 2.43. The van der Waals surface area contributed by atoms with Crippen molar-refractivity contribution in [1.82, 2.24) is 0 Å². The van der Waals surface area contributed by atoms with E-state index in [0.29, 0.717) is 6.61 Å². The average Bonchev–Trinajstić information content (AvgIpc) is 2.15. The Morgan fingerprint density at radius 2 is 2.25 bits per heavy atom. The molecule has 0 aliphatic carbocycles. The molecular formula is C10H13O2. The van der Waals surface area contributed by atoms with Gasteiger partial charge in [-0.25, -0.2) is 0 Å². The molecule has 0 aliphatic heterocycles. The summed E-state index contributed by atoms with van der Waals surface area (Å²) in [6, 6.07) is 8.37. The molecule has 1 aromatic carbocycles. The van der Waals surface area contributed by atoms with Crippen LogP contribution in [0.15, 0.2) is 18.2 Å². The fraction of sp³-hybridized carbons (Fsp3) is 0.400. The quantitative estimate of drug-likeness (QED) is 0.681. The molecule has 0 unspecified atom stereocenters. The highest BCUT2D eigenvalue weighted by molar-refractivity contribution is 5.38. The van der Waals surface area contributed by atoms with E-state index in [2.05, 4.69) is 13.0 Å². The van der Waals surface area contributed by atoms with Crippen LogP contribution in [-0.4, -0.2) is 13.7 Å². The maximum absolute atomic E-state index is 5.42. The van der Waals surface area contributed by atoms with Gasteiger partial charge in [0.1, 0.15) is 0 Å². The van der Waals surface area contributed by atoms with Gasteiger partial charge in [-0.05, 0) is 24.6 Å². The van der Waals surface area contributed by atoms with E-state index in [1.54, 1.807) is 19.2 Å². The lowest BCUT2D eigenvalue weighted by molar-refractivity contribution is 0.294. The first kappa shape index (κ1) is 8.91. The van der Waals surface area contributed by atoms with E-state index in [9.17, 15) is 0 Å². The number of benzene rings is 1. The Bertz CT molecular complexity index is 233. The van der Waals surface area contributed by atoms with Crippen LogP contribution in [0.5, 0.6) is 11.5 Å². The molecule has 65 valence electrons. The predicted octanol–water partition coefficient (Wildman–Crippen LogP) is 2.28. The van der Waals surface area contributed by atoms with Crippen molar-refractivity contribution >= 4 is 0 Å². The third kappa shape index (κ3) is 2.16. The molecule has 0 saturated heterocycles. The molecule has 0 bridgehead atoms. The van der Waals surface area contributed by atoms with Gasteiger partial charge in [0.15, 0.2) is 11.5 Å². The Balaban J connectivity index is 2.68. The highest BCUT2D eigenvalue weighted by Crippen LogP contribution is 2.25. The summed E-state index contributed by atoms with van der Waals surface area (Å²) in [5.74, 6) is 1.53. The van der Waals surface area contributed by atoms with Crippen molar-refractivity contribution in [2.24, 2.45) is 0 Å². The fourth-order valence-corrected chi connectivity index (χ4v) is 0.894. The Morgan fingerprint density at radius 3 is 2.92 bits per heavy atom. The van der Waals surface area contributed by atoms with E-state index >= 15 is 0 Å². The summed E-state index contributed by atoms with van der Waals surface area (Å²) < 4.78 is 10.5. The number of methoxy groups -OCH3 is 1. The van der Waals surface area contributed by atoms with Crippen LogP contribution in [0.3, 0.4) is 0 Å². The van der Waals surface area contributed by atoms with Crippen molar-refractivity contribution in [2.45, 2.75) is 13.3 Å². The van der Waals surface area contributed by atoms with E-state index in [1.807, 2.05) is 6.07 Å². The molecule has 0 N–H and O–H groups in total. The zero-order valence-electron chi connectivity index (χ0n) is 7.46. The third-order valence-corrected chi connectivity index (χ3v) is 1.47. The molecule has 1 radical (unpaired) electrons. The highest BCUT2D eigenvalue weighted by atomic mass is 16.5. The summed E-state index contributed by atoms with van der Waals surface area (Å²) in [5, 5.41) is 0. The Labute approximate surface area is 73.1 Å². The minimum absolute atomic E-state index is 0.716. The summed E-state index contributed by atoms with van der Waals surface area (Å²) in [4.78, 5) is 0. The standard InChI is InChI=1S/C10H13O2/c1-3-8-12-10-7-5-4-6-9(10)11-2/h4,6-7H,3,8H2,1-2H3. The summed E-state index contributed by atoms with van der Waals surface area (Å²) in [5.41, 5.74) is 0. The maximum Gasteiger partial charge on any atom is 0.161 e.